The lowest BCUT2D eigenvalue weighted by atomic mass is 9.85. The van der Waals surface area contributed by atoms with Gasteiger partial charge >= 0.3 is 0 Å². The van der Waals surface area contributed by atoms with Crippen LogP contribution in [0.1, 0.15) is 46.0 Å². The third kappa shape index (κ3) is 5.12. The number of carbonyl (C=O) groups excluding carboxylic acids is 2. The molecule has 3 N–H and O–H groups in total. The first kappa shape index (κ1) is 17.0. The Bertz CT molecular complexity index is 342. The third-order valence-electron chi connectivity index (χ3n) is 3.85. The van der Waals surface area contributed by atoms with E-state index in [4.69, 9.17) is 5.73 Å². The molecule has 116 valence electrons. The number of amides is 2. The van der Waals surface area contributed by atoms with Gasteiger partial charge in [-0.2, -0.15) is 0 Å². The van der Waals surface area contributed by atoms with Crippen molar-refractivity contribution in [3.63, 3.8) is 0 Å². The Hall–Kier alpha value is -1.10. The predicted octanol–water partition coefficient (Wildman–Crippen LogP) is 1.12. The molecule has 0 aromatic heterocycles. The van der Waals surface area contributed by atoms with E-state index in [9.17, 15) is 9.59 Å². The fourth-order valence-corrected chi connectivity index (χ4v) is 2.76. The Morgan fingerprint density at radius 2 is 1.95 bits per heavy atom. The average Bonchev–Trinajstić information content (AvgIpc) is 2.36. The standard InChI is InChI=1S/C15H29N3O2/c1-10(2)8-13(15(20)18(3)4)17-14(19)11-6-5-7-12(16)9-11/h10-13H,5-9,16H2,1-4H3,(H,17,19). The minimum absolute atomic E-state index is 0.0130. The molecule has 0 aromatic carbocycles. The number of rotatable bonds is 5. The summed E-state index contributed by atoms with van der Waals surface area (Å²) in [5, 5.41) is 2.93. The minimum atomic E-state index is -0.421. The molecule has 0 spiro atoms. The van der Waals surface area contributed by atoms with E-state index in [0.29, 0.717) is 12.3 Å². The van der Waals surface area contributed by atoms with Gasteiger partial charge in [0.1, 0.15) is 6.04 Å². The Morgan fingerprint density at radius 3 is 2.45 bits per heavy atom. The maximum Gasteiger partial charge on any atom is 0.244 e. The molecule has 3 unspecified atom stereocenters. The zero-order chi connectivity index (χ0) is 15.3. The van der Waals surface area contributed by atoms with Gasteiger partial charge < -0.3 is 16.0 Å². The van der Waals surface area contributed by atoms with E-state index in [1.165, 1.54) is 0 Å². The molecule has 1 saturated carbocycles. The van der Waals surface area contributed by atoms with Crippen LogP contribution in [0.4, 0.5) is 0 Å². The van der Waals surface area contributed by atoms with Gasteiger partial charge in [-0.15, -0.1) is 0 Å². The molecule has 1 aliphatic carbocycles. The second-order valence-corrected chi connectivity index (χ2v) is 6.55. The van der Waals surface area contributed by atoms with Gasteiger partial charge in [-0.1, -0.05) is 20.3 Å². The zero-order valence-electron chi connectivity index (χ0n) is 13.2. The summed E-state index contributed by atoms with van der Waals surface area (Å²) < 4.78 is 0. The van der Waals surface area contributed by atoms with E-state index >= 15 is 0 Å². The molecule has 0 radical (unpaired) electrons. The third-order valence-corrected chi connectivity index (χ3v) is 3.85. The lowest BCUT2D eigenvalue weighted by Gasteiger charge is -2.29. The van der Waals surface area contributed by atoms with Crippen LogP contribution in [0.25, 0.3) is 0 Å². The topological polar surface area (TPSA) is 75.4 Å². The zero-order valence-corrected chi connectivity index (χ0v) is 13.2. The Morgan fingerprint density at radius 1 is 1.30 bits per heavy atom. The van der Waals surface area contributed by atoms with Crippen LogP contribution in [0, 0.1) is 11.8 Å². The summed E-state index contributed by atoms with van der Waals surface area (Å²) in [5.41, 5.74) is 5.93. The Labute approximate surface area is 122 Å². The van der Waals surface area contributed by atoms with Gasteiger partial charge in [0.15, 0.2) is 0 Å². The van der Waals surface area contributed by atoms with Gasteiger partial charge in [0.2, 0.25) is 11.8 Å². The van der Waals surface area contributed by atoms with Crippen LogP contribution < -0.4 is 11.1 Å². The normalized spacial score (nSPS) is 24.3. The van der Waals surface area contributed by atoms with Gasteiger partial charge in [-0.3, -0.25) is 9.59 Å². The van der Waals surface area contributed by atoms with Crippen LogP contribution in [0.3, 0.4) is 0 Å². The van der Waals surface area contributed by atoms with Crippen molar-refractivity contribution in [1.29, 1.82) is 0 Å². The van der Waals surface area contributed by atoms with Crippen molar-refractivity contribution in [2.45, 2.75) is 58.0 Å². The summed E-state index contributed by atoms with van der Waals surface area (Å²) in [7, 11) is 3.44. The number of hydrogen-bond acceptors (Lipinski definition) is 3. The van der Waals surface area contributed by atoms with E-state index in [2.05, 4.69) is 19.2 Å². The quantitative estimate of drug-likeness (QED) is 0.794. The molecule has 1 aliphatic rings. The number of nitrogens with two attached hydrogens (primary N) is 1. The van der Waals surface area contributed by atoms with Crippen LogP contribution in [0.15, 0.2) is 0 Å². The van der Waals surface area contributed by atoms with Crippen LogP contribution in [-0.2, 0) is 9.59 Å². The second kappa shape index (κ2) is 7.62. The number of nitrogens with zero attached hydrogens (tertiary/aromatic N) is 1. The molecule has 20 heavy (non-hydrogen) atoms. The van der Waals surface area contributed by atoms with E-state index in [0.717, 1.165) is 25.7 Å². The molecule has 3 atom stereocenters. The fraction of sp³-hybridized carbons (Fsp3) is 0.867. The molecule has 5 heteroatoms. The first-order valence-electron chi connectivity index (χ1n) is 7.58. The van der Waals surface area contributed by atoms with Crippen LogP contribution >= 0.6 is 0 Å². The monoisotopic (exact) mass is 283 g/mol. The maximum absolute atomic E-state index is 12.3. The summed E-state index contributed by atoms with van der Waals surface area (Å²) in [6, 6.07) is -0.303. The van der Waals surface area contributed by atoms with E-state index in [1.54, 1.807) is 19.0 Å². The highest BCUT2D eigenvalue weighted by atomic mass is 16.2. The molecule has 2 amide bonds. The van der Waals surface area contributed by atoms with Crippen molar-refractivity contribution in [1.82, 2.24) is 10.2 Å². The molecule has 5 nitrogen and oxygen atoms in total. The largest absolute Gasteiger partial charge is 0.347 e. The Balaban J connectivity index is 2.63. The Kier molecular flexibility index (Phi) is 6.46. The molecule has 0 bridgehead atoms. The minimum Gasteiger partial charge on any atom is -0.347 e. The van der Waals surface area contributed by atoms with Gasteiger partial charge in [-0.05, 0) is 31.6 Å². The molecule has 0 aliphatic heterocycles. The fourth-order valence-electron chi connectivity index (χ4n) is 2.76. The van der Waals surface area contributed by atoms with Crippen molar-refractivity contribution in [3.8, 4) is 0 Å². The number of carbonyl (C=O) groups is 2. The number of likely N-dealkylation sites (N-methyl/N-ethyl adjacent to an activating group) is 1. The second-order valence-electron chi connectivity index (χ2n) is 6.55. The smallest absolute Gasteiger partial charge is 0.244 e. The van der Waals surface area contributed by atoms with Crippen molar-refractivity contribution >= 4 is 11.8 Å². The van der Waals surface area contributed by atoms with Crippen LogP contribution in [0.2, 0.25) is 0 Å². The molecular formula is C15H29N3O2. The lowest BCUT2D eigenvalue weighted by Crippen LogP contribution is -2.49. The summed E-state index contributed by atoms with van der Waals surface area (Å²) in [5.74, 6) is 0.273. The maximum atomic E-state index is 12.3. The van der Waals surface area contributed by atoms with Crippen LogP contribution in [-0.4, -0.2) is 42.9 Å². The van der Waals surface area contributed by atoms with E-state index in [1.807, 2.05) is 0 Å². The summed E-state index contributed by atoms with van der Waals surface area (Å²) >= 11 is 0. The molecule has 0 heterocycles. The lowest BCUT2D eigenvalue weighted by molar-refractivity contribution is -0.136. The highest BCUT2D eigenvalue weighted by Crippen LogP contribution is 2.23. The van der Waals surface area contributed by atoms with Crippen LogP contribution in [0.5, 0.6) is 0 Å². The molecule has 0 aromatic rings. The highest BCUT2D eigenvalue weighted by Gasteiger charge is 2.29. The number of nitrogens with one attached hydrogen (secondary N) is 1. The molecule has 0 saturated heterocycles. The van der Waals surface area contributed by atoms with Crippen molar-refractivity contribution in [2.75, 3.05) is 14.1 Å². The van der Waals surface area contributed by atoms with Crippen molar-refractivity contribution < 1.29 is 9.59 Å². The first-order valence-corrected chi connectivity index (χ1v) is 7.58. The SMILES string of the molecule is CC(C)CC(NC(=O)C1CCCC(N)C1)C(=O)N(C)C. The van der Waals surface area contributed by atoms with Gasteiger partial charge in [0.25, 0.3) is 0 Å². The van der Waals surface area contributed by atoms with Gasteiger partial charge in [0.05, 0.1) is 0 Å². The predicted molar refractivity (Wildman–Crippen MR) is 80.0 cm³/mol. The molecule has 1 fully saturated rings. The first-order chi connectivity index (χ1) is 9.31. The van der Waals surface area contributed by atoms with Crippen molar-refractivity contribution in [2.24, 2.45) is 17.6 Å². The summed E-state index contributed by atoms with van der Waals surface area (Å²) in [4.78, 5) is 26.0. The van der Waals surface area contributed by atoms with E-state index < -0.39 is 6.04 Å². The number of hydrogen-bond donors (Lipinski definition) is 2. The highest BCUT2D eigenvalue weighted by molar-refractivity contribution is 5.88. The van der Waals surface area contributed by atoms with Gasteiger partial charge in [-0.25, -0.2) is 0 Å². The summed E-state index contributed by atoms with van der Waals surface area (Å²) in [6.07, 6.45) is 4.27. The molecule has 1 rings (SSSR count). The van der Waals surface area contributed by atoms with Crippen molar-refractivity contribution in [3.05, 3.63) is 0 Å². The van der Waals surface area contributed by atoms with Gasteiger partial charge in [0, 0.05) is 26.1 Å². The van der Waals surface area contributed by atoms with E-state index in [-0.39, 0.29) is 23.8 Å². The average molecular weight is 283 g/mol. The molecular weight excluding hydrogens is 254 g/mol. The summed E-state index contributed by atoms with van der Waals surface area (Å²) in [6.45, 7) is 4.11.